The number of methoxy groups -OCH3 is 1. The Morgan fingerprint density at radius 1 is 1.25 bits per heavy atom. The summed E-state index contributed by atoms with van der Waals surface area (Å²) in [5.74, 6) is 0.392. The third-order valence-electron chi connectivity index (χ3n) is 5.71. The maximum atomic E-state index is 13.2. The van der Waals surface area contributed by atoms with Crippen molar-refractivity contribution in [3.8, 4) is 5.75 Å². The predicted molar refractivity (Wildman–Crippen MR) is 120 cm³/mol. The van der Waals surface area contributed by atoms with Crippen molar-refractivity contribution in [3.63, 3.8) is 0 Å². The number of hydrogen-bond donors (Lipinski definition) is 2. The van der Waals surface area contributed by atoms with Crippen LogP contribution < -0.4 is 10.1 Å². The van der Waals surface area contributed by atoms with Gasteiger partial charge in [0.05, 0.1) is 19.3 Å². The fraction of sp³-hybridized carbons (Fsp3) is 0.375. The first-order chi connectivity index (χ1) is 15.7. The number of pyridine rings is 1. The minimum Gasteiger partial charge on any atom is -0.487 e. The molecule has 1 fully saturated rings. The van der Waals surface area contributed by atoms with Crippen LogP contribution in [-0.4, -0.2) is 65.6 Å². The third-order valence-corrected chi connectivity index (χ3v) is 5.71. The standard InChI is InChI=1S/C24H28N4O4/c1-31-12-11-26-24(30)22-13-19(32-18-5-4-10-25-15-18)16-28(22)23(29)9-8-17-14-27-21-7-3-2-6-20(17)21/h2-7,10,14-15,19,22,27H,8-9,11-13,16H2,1H3,(H,26,30). The number of nitrogens with zero attached hydrogens (tertiary/aromatic N) is 2. The molecule has 2 amide bonds. The van der Waals surface area contributed by atoms with Gasteiger partial charge in [-0.15, -0.1) is 0 Å². The quantitative estimate of drug-likeness (QED) is 0.502. The van der Waals surface area contributed by atoms with Crippen LogP contribution in [0.3, 0.4) is 0 Å². The molecule has 0 radical (unpaired) electrons. The Hall–Kier alpha value is -3.39. The summed E-state index contributed by atoms with van der Waals surface area (Å²) in [6, 6.07) is 11.1. The number of carbonyl (C=O) groups is 2. The number of hydrogen-bond acceptors (Lipinski definition) is 5. The summed E-state index contributed by atoms with van der Waals surface area (Å²) >= 11 is 0. The van der Waals surface area contributed by atoms with Crippen LogP contribution in [0.25, 0.3) is 10.9 Å². The second-order valence-corrected chi connectivity index (χ2v) is 7.87. The van der Waals surface area contributed by atoms with Gasteiger partial charge in [0.1, 0.15) is 17.9 Å². The lowest BCUT2D eigenvalue weighted by atomic mass is 10.1. The lowest BCUT2D eigenvalue weighted by Gasteiger charge is -2.23. The Balaban J connectivity index is 1.43. The highest BCUT2D eigenvalue weighted by Crippen LogP contribution is 2.25. The number of carbonyl (C=O) groups excluding carboxylic acids is 2. The molecule has 8 nitrogen and oxygen atoms in total. The molecule has 3 aromatic rings. The first-order valence-electron chi connectivity index (χ1n) is 10.8. The number of fused-ring (bicyclic) bond motifs is 1. The summed E-state index contributed by atoms with van der Waals surface area (Å²) < 4.78 is 11.0. The monoisotopic (exact) mass is 436 g/mol. The van der Waals surface area contributed by atoms with Crippen LogP contribution in [0.15, 0.2) is 55.0 Å². The van der Waals surface area contributed by atoms with E-state index in [1.807, 2.05) is 36.5 Å². The van der Waals surface area contributed by atoms with Crippen LogP contribution in [0.2, 0.25) is 0 Å². The Morgan fingerprint density at radius 2 is 2.12 bits per heavy atom. The molecule has 1 aliphatic rings. The molecular weight excluding hydrogens is 408 g/mol. The van der Waals surface area contributed by atoms with Crippen LogP contribution in [-0.2, 0) is 20.7 Å². The molecular formula is C24H28N4O4. The molecule has 1 saturated heterocycles. The van der Waals surface area contributed by atoms with E-state index in [0.717, 1.165) is 16.5 Å². The van der Waals surface area contributed by atoms with Gasteiger partial charge in [-0.25, -0.2) is 0 Å². The van der Waals surface area contributed by atoms with Gasteiger partial charge in [-0.1, -0.05) is 18.2 Å². The average Bonchev–Trinajstić information content (AvgIpc) is 3.43. The van der Waals surface area contributed by atoms with Gasteiger partial charge in [-0.05, 0) is 30.2 Å². The van der Waals surface area contributed by atoms with Crippen molar-refractivity contribution in [2.75, 3.05) is 26.8 Å². The number of para-hydroxylation sites is 1. The van der Waals surface area contributed by atoms with E-state index in [0.29, 0.717) is 44.7 Å². The zero-order chi connectivity index (χ0) is 22.3. The van der Waals surface area contributed by atoms with Gasteiger partial charge in [0.25, 0.3) is 0 Å². The molecule has 8 heteroatoms. The van der Waals surface area contributed by atoms with E-state index in [1.165, 1.54) is 0 Å². The van der Waals surface area contributed by atoms with Crippen LogP contribution in [0.1, 0.15) is 18.4 Å². The fourth-order valence-corrected chi connectivity index (χ4v) is 4.13. The largest absolute Gasteiger partial charge is 0.487 e. The van der Waals surface area contributed by atoms with Gasteiger partial charge in [-0.3, -0.25) is 14.6 Å². The minimum atomic E-state index is -0.566. The summed E-state index contributed by atoms with van der Waals surface area (Å²) in [6.07, 6.45) is 6.35. The van der Waals surface area contributed by atoms with Crippen molar-refractivity contribution >= 4 is 22.7 Å². The van der Waals surface area contributed by atoms with Crippen molar-refractivity contribution < 1.29 is 19.1 Å². The van der Waals surface area contributed by atoms with Crippen LogP contribution in [0.4, 0.5) is 0 Å². The van der Waals surface area contributed by atoms with E-state index in [2.05, 4.69) is 15.3 Å². The Kier molecular flexibility index (Phi) is 7.01. The molecule has 2 aromatic heterocycles. The number of benzene rings is 1. The van der Waals surface area contributed by atoms with E-state index >= 15 is 0 Å². The summed E-state index contributed by atoms with van der Waals surface area (Å²) in [6.45, 7) is 1.18. The summed E-state index contributed by atoms with van der Waals surface area (Å²) in [5.41, 5.74) is 2.15. The summed E-state index contributed by atoms with van der Waals surface area (Å²) in [7, 11) is 1.58. The predicted octanol–water partition coefficient (Wildman–Crippen LogP) is 2.31. The van der Waals surface area contributed by atoms with E-state index in [9.17, 15) is 9.59 Å². The van der Waals surface area contributed by atoms with Crippen molar-refractivity contribution in [1.82, 2.24) is 20.2 Å². The summed E-state index contributed by atoms with van der Waals surface area (Å²) in [5, 5.41) is 3.98. The number of aromatic nitrogens is 2. The molecule has 0 spiro atoms. The molecule has 0 aliphatic carbocycles. The van der Waals surface area contributed by atoms with Gasteiger partial charge >= 0.3 is 0 Å². The molecule has 2 unspecified atom stereocenters. The van der Waals surface area contributed by atoms with E-state index in [-0.39, 0.29) is 17.9 Å². The SMILES string of the molecule is COCCNC(=O)C1CC(Oc2cccnc2)CN1C(=O)CCc1c[nH]c2ccccc12. The second kappa shape index (κ2) is 10.3. The lowest BCUT2D eigenvalue weighted by Crippen LogP contribution is -2.46. The van der Waals surface area contributed by atoms with Crippen molar-refractivity contribution in [2.45, 2.75) is 31.4 Å². The first kappa shape index (κ1) is 21.8. The van der Waals surface area contributed by atoms with E-state index < -0.39 is 6.04 Å². The molecule has 3 heterocycles. The number of H-pyrrole nitrogens is 1. The molecule has 168 valence electrons. The highest BCUT2D eigenvalue weighted by Gasteiger charge is 2.40. The minimum absolute atomic E-state index is 0.0561. The Labute approximate surface area is 186 Å². The number of rotatable bonds is 9. The maximum Gasteiger partial charge on any atom is 0.243 e. The topological polar surface area (TPSA) is 96.6 Å². The van der Waals surface area contributed by atoms with Crippen LogP contribution >= 0.6 is 0 Å². The maximum absolute atomic E-state index is 13.2. The van der Waals surface area contributed by atoms with Gasteiger partial charge in [0.2, 0.25) is 11.8 Å². The van der Waals surface area contributed by atoms with Crippen molar-refractivity contribution in [3.05, 3.63) is 60.6 Å². The average molecular weight is 437 g/mol. The summed E-state index contributed by atoms with van der Waals surface area (Å²) in [4.78, 5) is 34.9. The molecule has 2 atom stereocenters. The van der Waals surface area contributed by atoms with Gasteiger partial charge in [-0.2, -0.15) is 0 Å². The molecule has 2 N–H and O–H groups in total. The molecule has 4 rings (SSSR count). The van der Waals surface area contributed by atoms with Crippen molar-refractivity contribution in [1.29, 1.82) is 0 Å². The highest BCUT2D eigenvalue weighted by atomic mass is 16.5. The second-order valence-electron chi connectivity index (χ2n) is 7.87. The number of nitrogens with one attached hydrogen (secondary N) is 2. The number of amides is 2. The fourth-order valence-electron chi connectivity index (χ4n) is 4.13. The zero-order valence-electron chi connectivity index (χ0n) is 18.1. The smallest absolute Gasteiger partial charge is 0.243 e. The number of aromatic amines is 1. The van der Waals surface area contributed by atoms with Gasteiger partial charge < -0.3 is 24.7 Å². The van der Waals surface area contributed by atoms with Crippen LogP contribution in [0, 0.1) is 0 Å². The van der Waals surface area contributed by atoms with E-state index in [4.69, 9.17) is 9.47 Å². The number of aryl methyl sites for hydroxylation is 1. The van der Waals surface area contributed by atoms with Gasteiger partial charge in [0.15, 0.2) is 0 Å². The van der Waals surface area contributed by atoms with Crippen LogP contribution in [0.5, 0.6) is 5.75 Å². The van der Waals surface area contributed by atoms with E-state index in [1.54, 1.807) is 30.5 Å². The number of ether oxygens (including phenoxy) is 2. The Bertz CT molecular complexity index is 1050. The normalized spacial score (nSPS) is 18.1. The molecule has 0 saturated carbocycles. The third kappa shape index (κ3) is 5.08. The lowest BCUT2D eigenvalue weighted by molar-refractivity contribution is -0.138. The highest BCUT2D eigenvalue weighted by molar-refractivity contribution is 5.89. The molecule has 0 bridgehead atoms. The zero-order valence-corrected chi connectivity index (χ0v) is 18.1. The van der Waals surface area contributed by atoms with Gasteiger partial charge in [0, 0.05) is 49.8 Å². The molecule has 32 heavy (non-hydrogen) atoms. The molecule has 1 aromatic carbocycles. The van der Waals surface area contributed by atoms with Crippen molar-refractivity contribution in [2.24, 2.45) is 0 Å². The first-order valence-corrected chi connectivity index (χ1v) is 10.8. The molecule has 1 aliphatic heterocycles. The number of likely N-dealkylation sites (tertiary alicyclic amines) is 1. The Morgan fingerprint density at radius 3 is 2.94 bits per heavy atom.